The van der Waals surface area contributed by atoms with Crippen molar-refractivity contribution in [1.82, 2.24) is 0 Å². The zero-order valence-corrected chi connectivity index (χ0v) is 21.8. The zero-order valence-electron chi connectivity index (χ0n) is 20.8. The first-order chi connectivity index (χ1) is 18.7. The molecule has 0 N–H and O–H groups in total. The quantitative estimate of drug-likeness (QED) is 0.286. The summed E-state index contributed by atoms with van der Waals surface area (Å²) in [7, 11) is -2.56. The lowest BCUT2D eigenvalue weighted by atomic mass is 10.1. The molecule has 0 radical (unpaired) electrons. The highest BCUT2D eigenvalue weighted by Crippen LogP contribution is 2.41. The van der Waals surface area contributed by atoms with Crippen molar-refractivity contribution in [3.05, 3.63) is 137 Å². The monoisotopic (exact) mass is 505 g/mol. The Morgan fingerprint density at radius 2 is 1.13 bits per heavy atom. The van der Waals surface area contributed by atoms with Crippen LogP contribution in [0.5, 0.6) is 0 Å². The van der Waals surface area contributed by atoms with Crippen LogP contribution in [0.25, 0.3) is 22.1 Å². The molecule has 2 aliphatic rings. The van der Waals surface area contributed by atoms with Crippen LogP contribution in [0, 0.1) is 6.92 Å². The van der Waals surface area contributed by atoms with E-state index in [4.69, 9.17) is 4.42 Å². The van der Waals surface area contributed by atoms with E-state index in [0.29, 0.717) is 16.7 Å². The van der Waals surface area contributed by atoms with E-state index in [2.05, 4.69) is 102 Å². The van der Waals surface area contributed by atoms with Crippen molar-refractivity contribution in [2.24, 2.45) is 0 Å². The lowest BCUT2D eigenvalue weighted by Crippen LogP contribution is -2.75. The number of para-hydroxylation sites is 2. The summed E-state index contributed by atoms with van der Waals surface area (Å²) in [6, 6.07) is 43.1. The van der Waals surface area contributed by atoms with Crippen LogP contribution in [0.1, 0.15) is 5.76 Å². The third-order valence-electron chi connectivity index (χ3n) is 8.14. The summed E-state index contributed by atoms with van der Waals surface area (Å²) in [6.45, 7) is 1.82. The van der Waals surface area contributed by atoms with E-state index in [1.165, 1.54) is 43.2 Å². The SMILES string of the molecule is Cc1cc(=O)c2ccc(N3c4ccccc4[Si]4(c5ccccc5-c5ccccc54)c4ccccc43)cc2o1. The van der Waals surface area contributed by atoms with Crippen LogP contribution in [-0.2, 0) is 0 Å². The highest BCUT2D eigenvalue weighted by molar-refractivity contribution is 7.23. The highest BCUT2D eigenvalue weighted by atomic mass is 28.3. The summed E-state index contributed by atoms with van der Waals surface area (Å²) in [5, 5.41) is 6.24. The number of hydrogen-bond donors (Lipinski definition) is 0. The van der Waals surface area contributed by atoms with Gasteiger partial charge < -0.3 is 9.32 Å². The maximum absolute atomic E-state index is 12.6. The molecule has 0 saturated heterocycles. The fourth-order valence-corrected chi connectivity index (χ4v) is 12.3. The zero-order chi connectivity index (χ0) is 25.4. The average molecular weight is 506 g/mol. The summed E-state index contributed by atoms with van der Waals surface area (Å²) < 4.78 is 6.02. The normalized spacial score (nSPS) is 14.2. The molecule has 0 atom stereocenters. The van der Waals surface area contributed by atoms with Crippen LogP contribution in [0.2, 0.25) is 0 Å². The molecule has 4 heteroatoms. The van der Waals surface area contributed by atoms with Gasteiger partial charge in [-0.15, -0.1) is 0 Å². The van der Waals surface area contributed by atoms with Gasteiger partial charge in [0.2, 0.25) is 0 Å². The fourth-order valence-electron chi connectivity index (χ4n) is 6.74. The van der Waals surface area contributed by atoms with E-state index in [-0.39, 0.29) is 5.43 Å². The summed E-state index contributed by atoms with van der Waals surface area (Å²) in [6.07, 6.45) is 0. The van der Waals surface area contributed by atoms with Gasteiger partial charge in [0.15, 0.2) is 13.5 Å². The van der Waals surface area contributed by atoms with Crippen molar-refractivity contribution in [3.63, 3.8) is 0 Å². The molecular weight excluding hydrogens is 482 g/mol. The minimum atomic E-state index is -2.56. The van der Waals surface area contributed by atoms with Gasteiger partial charge in [-0.2, -0.15) is 0 Å². The molecule has 3 heterocycles. The van der Waals surface area contributed by atoms with Crippen LogP contribution < -0.4 is 31.1 Å². The molecule has 0 amide bonds. The van der Waals surface area contributed by atoms with Crippen LogP contribution in [-0.4, -0.2) is 8.07 Å². The average Bonchev–Trinajstić information content (AvgIpc) is 3.24. The number of anilines is 3. The second-order valence-corrected chi connectivity index (χ2v) is 13.8. The first kappa shape index (κ1) is 21.4. The van der Waals surface area contributed by atoms with Crippen molar-refractivity contribution < 1.29 is 4.42 Å². The predicted molar refractivity (Wildman–Crippen MR) is 158 cm³/mol. The minimum absolute atomic E-state index is 0.0136. The van der Waals surface area contributed by atoms with E-state index in [1.807, 2.05) is 25.1 Å². The van der Waals surface area contributed by atoms with E-state index >= 15 is 0 Å². The molecule has 3 nitrogen and oxygen atoms in total. The Kier molecular flexibility index (Phi) is 4.32. The Labute approximate surface area is 221 Å². The third-order valence-corrected chi connectivity index (χ3v) is 13.1. The van der Waals surface area contributed by atoms with Crippen molar-refractivity contribution in [2.75, 3.05) is 4.90 Å². The lowest BCUT2D eigenvalue weighted by Gasteiger charge is -2.43. The van der Waals surface area contributed by atoms with E-state index in [0.717, 1.165) is 5.69 Å². The van der Waals surface area contributed by atoms with Crippen molar-refractivity contribution in [1.29, 1.82) is 0 Å². The summed E-state index contributed by atoms with van der Waals surface area (Å²) in [4.78, 5) is 15.0. The molecule has 180 valence electrons. The standard InChI is InChI=1S/C34H23NO2Si/c1-22-20-29(36)26-19-18-23(21-30(26)37-22)35-27-12-4-8-16-33(27)38(34-17-9-5-13-28(34)35)31-14-6-2-10-24(31)25-11-3-7-15-32(25)38/h2-21H,1H3. The van der Waals surface area contributed by atoms with Gasteiger partial charge in [0.25, 0.3) is 0 Å². The first-order valence-electron chi connectivity index (χ1n) is 12.9. The number of nitrogens with zero attached hydrogens (tertiary/aromatic N) is 1. The molecule has 5 aromatic carbocycles. The third kappa shape index (κ3) is 2.65. The molecule has 0 fully saturated rings. The molecule has 6 aromatic rings. The maximum Gasteiger partial charge on any atom is 0.192 e. The predicted octanol–water partition coefficient (Wildman–Crippen LogP) is 5.24. The molecule has 0 saturated carbocycles. The van der Waals surface area contributed by atoms with E-state index in [1.54, 1.807) is 6.07 Å². The Hall–Kier alpha value is -4.67. The fraction of sp³-hybridized carbons (Fsp3) is 0.0294. The topological polar surface area (TPSA) is 33.5 Å². The van der Waals surface area contributed by atoms with Gasteiger partial charge in [-0.25, -0.2) is 0 Å². The summed E-state index contributed by atoms with van der Waals surface area (Å²) >= 11 is 0. The van der Waals surface area contributed by atoms with E-state index in [9.17, 15) is 4.79 Å². The van der Waals surface area contributed by atoms with Gasteiger partial charge in [-0.05, 0) is 63.1 Å². The van der Waals surface area contributed by atoms with Gasteiger partial charge in [0.05, 0.1) is 5.39 Å². The Balaban J connectivity index is 1.49. The molecule has 8 rings (SSSR count). The van der Waals surface area contributed by atoms with Crippen LogP contribution in [0.3, 0.4) is 0 Å². The molecule has 38 heavy (non-hydrogen) atoms. The maximum atomic E-state index is 12.6. The van der Waals surface area contributed by atoms with Gasteiger partial charge in [0.1, 0.15) is 11.3 Å². The van der Waals surface area contributed by atoms with Gasteiger partial charge in [-0.1, -0.05) is 84.9 Å². The highest BCUT2D eigenvalue weighted by Gasteiger charge is 2.53. The van der Waals surface area contributed by atoms with Gasteiger partial charge >= 0.3 is 0 Å². The first-order valence-corrected chi connectivity index (χ1v) is 14.9. The number of rotatable bonds is 1. The van der Waals surface area contributed by atoms with Crippen molar-refractivity contribution in [3.8, 4) is 11.1 Å². The van der Waals surface area contributed by atoms with Gasteiger partial charge in [-0.3, -0.25) is 4.79 Å². The van der Waals surface area contributed by atoms with Gasteiger partial charge in [0, 0.05) is 29.2 Å². The molecule has 0 bridgehead atoms. The Morgan fingerprint density at radius 3 is 1.74 bits per heavy atom. The molecule has 1 spiro atoms. The van der Waals surface area contributed by atoms with E-state index < -0.39 is 8.07 Å². The minimum Gasteiger partial charge on any atom is -0.461 e. The van der Waals surface area contributed by atoms with Crippen LogP contribution in [0.15, 0.2) is 131 Å². The molecule has 2 aliphatic heterocycles. The molecule has 0 unspecified atom stereocenters. The Morgan fingerprint density at radius 1 is 0.605 bits per heavy atom. The second-order valence-electron chi connectivity index (χ2n) is 10.1. The molecular formula is C34H23NO2Si. The number of fused-ring (bicyclic) bond motifs is 10. The molecule has 0 aliphatic carbocycles. The second kappa shape index (κ2) is 7.67. The number of aryl methyl sites for hydroxylation is 1. The van der Waals surface area contributed by atoms with Crippen molar-refractivity contribution >= 4 is 56.9 Å². The Bertz CT molecular complexity index is 1890. The summed E-state index contributed by atoms with van der Waals surface area (Å²) in [5.41, 5.74) is 6.62. The smallest absolute Gasteiger partial charge is 0.192 e. The van der Waals surface area contributed by atoms with Crippen molar-refractivity contribution in [2.45, 2.75) is 6.92 Å². The number of hydrogen-bond acceptors (Lipinski definition) is 3. The largest absolute Gasteiger partial charge is 0.461 e. The lowest BCUT2D eigenvalue weighted by molar-refractivity contribution is 0.565. The van der Waals surface area contributed by atoms with Crippen LogP contribution >= 0.6 is 0 Å². The summed E-state index contributed by atoms with van der Waals surface area (Å²) in [5.74, 6) is 0.615. The van der Waals surface area contributed by atoms with Crippen LogP contribution in [0.4, 0.5) is 17.1 Å². The number of benzene rings is 5. The molecule has 1 aromatic heterocycles.